The number of benzene rings is 1. The van der Waals surface area contributed by atoms with Gasteiger partial charge in [-0.2, -0.15) is 0 Å². The number of esters is 1. The van der Waals surface area contributed by atoms with Gasteiger partial charge in [-0.3, -0.25) is 4.79 Å². The number of hydrogen-bond acceptors (Lipinski definition) is 5. The van der Waals surface area contributed by atoms with Crippen molar-refractivity contribution in [2.24, 2.45) is 0 Å². The number of aromatic nitrogens is 2. The number of carbonyl (C=O) groups excluding carboxylic acids is 1. The van der Waals surface area contributed by atoms with Crippen LogP contribution in [-0.2, 0) is 33.0 Å². The molecule has 0 spiro atoms. The number of rotatable bonds is 2. The van der Waals surface area contributed by atoms with Crippen molar-refractivity contribution in [3.05, 3.63) is 63.4 Å². The number of nitrogens with zero attached hydrogens (tertiary/aromatic N) is 2. The Morgan fingerprint density at radius 1 is 1.26 bits per heavy atom. The third kappa shape index (κ3) is 2.01. The van der Waals surface area contributed by atoms with Crippen molar-refractivity contribution in [1.82, 2.24) is 9.55 Å². The van der Waals surface area contributed by atoms with E-state index in [1.165, 1.54) is 7.11 Å². The van der Waals surface area contributed by atoms with Gasteiger partial charge in [0.05, 0.1) is 29.0 Å². The topological polar surface area (TPSA) is 70.4 Å². The summed E-state index contributed by atoms with van der Waals surface area (Å²) in [5.74, 6) is -0.450. The van der Waals surface area contributed by atoms with E-state index in [9.17, 15) is 9.59 Å². The summed E-state index contributed by atoms with van der Waals surface area (Å²) in [6.07, 6.45) is 0.385. The molecule has 27 heavy (non-hydrogen) atoms. The summed E-state index contributed by atoms with van der Waals surface area (Å²) in [5.41, 5.74) is 3.08. The Bertz CT molecular complexity index is 1170. The zero-order chi connectivity index (χ0) is 18.8. The molecule has 6 nitrogen and oxygen atoms in total. The van der Waals surface area contributed by atoms with Crippen LogP contribution in [0.25, 0.3) is 22.3 Å². The number of cyclic esters (lactones) is 1. The Kier molecular flexibility index (Phi) is 3.30. The van der Waals surface area contributed by atoms with Crippen LogP contribution in [0.1, 0.15) is 30.0 Å². The number of methoxy groups -OCH3 is 1. The van der Waals surface area contributed by atoms with Crippen molar-refractivity contribution >= 4 is 16.9 Å². The highest BCUT2D eigenvalue weighted by Gasteiger charge is 2.47. The van der Waals surface area contributed by atoms with Gasteiger partial charge >= 0.3 is 5.97 Å². The zero-order valence-corrected chi connectivity index (χ0v) is 15.1. The van der Waals surface area contributed by atoms with Crippen LogP contribution in [0.2, 0.25) is 0 Å². The highest BCUT2D eigenvalue weighted by Crippen LogP contribution is 2.40. The number of pyridine rings is 2. The minimum atomic E-state index is -1.25. The Labute approximate surface area is 155 Å². The van der Waals surface area contributed by atoms with Gasteiger partial charge in [0, 0.05) is 23.6 Å². The fourth-order valence-electron chi connectivity index (χ4n) is 4.25. The van der Waals surface area contributed by atoms with Crippen molar-refractivity contribution in [2.75, 3.05) is 7.11 Å². The van der Waals surface area contributed by atoms with E-state index in [4.69, 9.17) is 14.5 Å². The summed E-state index contributed by atoms with van der Waals surface area (Å²) in [6.45, 7) is 2.29. The molecule has 6 heteroatoms. The normalized spacial score (nSPS) is 20.1. The zero-order valence-electron chi connectivity index (χ0n) is 15.1. The minimum Gasteiger partial charge on any atom is -0.458 e. The van der Waals surface area contributed by atoms with Gasteiger partial charge in [0.25, 0.3) is 5.56 Å². The summed E-state index contributed by atoms with van der Waals surface area (Å²) in [7, 11) is 1.48. The molecule has 1 aromatic carbocycles. The second-order valence-corrected chi connectivity index (χ2v) is 6.96. The molecule has 0 amide bonds. The molecule has 3 aromatic rings. The standard InChI is InChI=1S/C21H18N2O4/c1-3-21(26-2)15-9-17-18-13(8-12-6-4-5-7-16(12)22-18)10-23(17)19(24)14(15)11-27-20(21)25/h4-9H,3,10-11H2,1-2H3/t21-/m0/s1. The molecule has 0 saturated carbocycles. The van der Waals surface area contributed by atoms with Crippen LogP contribution in [0.15, 0.2) is 41.2 Å². The van der Waals surface area contributed by atoms with E-state index in [2.05, 4.69) is 6.07 Å². The first kappa shape index (κ1) is 16.2. The van der Waals surface area contributed by atoms with Gasteiger partial charge in [-0.1, -0.05) is 25.1 Å². The maximum absolute atomic E-state index is 13.2. The average molecular weight is 362 g/mol. The molecular weight excluding hydrogens is 344 g/mol. The van der Waals surface area contributed by atoms with Crippen LogP contribution >= 0.6 is 0 Å². The second kappa shape index (κ2) is 5.50. The highest BCUT2D eigenvalue weighted by atomic mass is 16.6. The molecule has 1 atom stereocenters. The summed E-state index contributed by atoms with van der Waals surface area (Å²) < 4.78 is 12.6. The molecule has 0 radical (unpaired) electrons. The summed E-state index contributed by atoms with van der Waals surface area (Å²) in [4.78, 5) is 30.5. The van der Waals surface area contributed by atoms with Gasteiger partial charge in [-0.15, -0.1) is 0 Å². The fourth-order valence-corrected chi connectivity index (χ4v) is 4.25. The largest absolute Gasteiger partial charge is 0.458 e. The van der Waals surface area contributed by atoms with Gasteiger partial charge in [-0.05, 0) is 24.6 Å². The quantitative estimate of drug-likeness (QED) is 0.513. The molecule has 2 aromatic heterocycles. The number of para-hydroxylation sites is 1. The number of carbonyl (C=O) groups is 1. The van der Waals surface area contributed by atoms with Crippen LogP contribution in [0.3, 0.4) is 0 Å². The van der Waals surface area contributed by atoms with Crippen molar-refractivity contribution in [1.29, 1.82) is 0 Å². The first-order valence-electron chi connectivity index (χ1n) is 8.97. The van der Waals surface area contributed by atoms with Gasteiger partial charge in [0.2, 0.25) is 0 Å². The van der Waals surface area contributed by atoms with E-state index >= 15 is 0 Å². The third-order valence-corrected chi connectivity index (χ3v) is 5.73. The SMILES string of the molecule is CC[C@@]1(OC)C(=O)OCc2c1cc1n(c2=O)Cc2cc3ccccc3nc2-1. The second-order valence-electron chi connectivity index (χ2n) is 6.96. The lowest BCUT2D eigenvalue weighted by Gasteiger charge is -2.34. The van der Waals surface area contributed by atoms with Crippen LogP contribution in [0.5, 0.6) is 0 Å². The molecule has 2 aliphatic heterocycles. The van der Waals surface area contributed by atoms with Crippen molar-refractivity contribution in [3.8, 4) is 11.4 Å². The predicted molar refractivity (Wildman–Crippen MR) is 99.3 cm³/mol. The molecule has 0 fully saturated rings. The Hall–Kier alpha value is -2.99. The minimum absolute atomic E-state index is 0.0237. The molecule has 0 N–H and O–H groups in total. The molecular formula is C21H18N2O4. The maximum Gasteiger partial charge on any atom is 0.343 e. The molecule has 5 rings (SSSR count). The van der Waals surface area contributed by atoms with Crippen LogP contribution in [-0.4, -0.2) is 22.6 Å². The van der Waals surface area contributed by atoms with Gasteiger partial charge in [0.1, 0.15) is 6.61 Å². The third-order valence-electron chi connectivity index (χ3n) is 5.73. The molecule has 0 bridgehead atoms. The smallest absolute Gasteiger partial charge is 0.343 e. The first-order chi connectivity index (χ1) is 13.1. The average Bonchev–Trinajstić information content (AvgIpc) is 3.05. The number of hydrogen-bond donors (Lipinski definition) is 0. The molecule has 2 aliphatic rings. The lowest BCUT2D eigenvalue weighted by atomic mass is 9.85. The van der Waals surface area contributed by atoms with Crippen molar-refractivity contribution in [3.63, 3.8) is 0 Å². The Balaban J connectivity index is 1.81. The monoisotopic (exact) mass is 362 g/mol. The predicted octanol–water partition coefficient (Wildman–Crippen LogP) is 2.73. The van der Waals surface area contributed by atoms with Gasteiger partial charge in [0.15, 0.2) is 5.60 Å². The number of fused-ring (bicyclic) bond motifs is 5. The van der Waals surface area contributed by atoms with Crippen LogP contribution in [0.4, 0.5) is 0 Å². The lowest BCUT2D eigenvalue weighted by Crippen LogP contribution is -2.45. The van der Waals surface area contributed by atoms with Crippen LogP contribution in [0, 0.1) is 0 Å². The number of ether oxygens (including phenoxy) is 2. The Morgan fingerprint density at radius 3 is 2.85 bits per heavy atom. The molecule has 0 unspecified atom stereocenters. The molecule has 0 saturated heterocycles. The van der Waals surface area contributed by atoms with Gasteiger partial charge < -0.3 is 14.0 Å². The van der Waals surface area contributed by atoms with Crippen molar-refractivity contribution in [2.45, 2.75) is 32.1 Å². The summed E-state index contributed by atoms with van der Waals surface area (Å²) >= 11 is 0. The summed E-state index contributed by atoms with van der Waals surface area (Å²) in [6, 6.07) is 11.8. The lowest BCUT2D eigenvalue weighted by molar-refractivity contribution is -0.176. The van der Waals surface area contributed by atoms with Crippen molar-refractivity contribution < 1.29 is 14.3 Å². The van der Waals surface area contributed by atoms with E-state index in [1.54, 1.807) is 4.57 Å². The van der Waals surface area contributed by atoms with E-state index < -0.39 is 11.6 Å². The van der Waals surface area contributed by atoms with E-state index in [-0.39, 0.29) is 12.2 Å². The fraction of sp³-hybridized carbons (Fsp3) is 0.286. The highest BCUT2D eigenvalue weighted by molar-refractivity contribution is 5.86. The molecule has 0 aliphatic carbocycles. The van der Waals surface area contributed by atoms with E-state index in [0.717, 1.165) is 27.9 Å². The van der Waals surface area contributed by atoms with E-state index in [0.29, 0.717) is 24.1 Å². The molecule has 136 valence electrons. The van der Waals surface area contributed by atoms with Crippen LogP contribution < -0.4 is 5.56 Å². The molecule has 4 heterocycles. The summed E-state index contributed by atoms with van der Waals surface area (Å²) in [5, 5.41) is 1.04. The Morgan fingerprint density at radius 2 is 2.07 bits per heavy atom. The maximum atomic E-state index is 13.2. The van der Waals surface area contributed by atoms with Gasteiger partial charge in [-0.25, -0.2) is 9.78 Å². The van der Waals surface area contributed by atoms with E-state index in [1.807, 2.05) is 37.3 Å². The first-order valence-corrected chi connectivity index (χ1v) is 8.97.